The fraction of sp³-hybridized carbons (Fsp3) is 0.571. The topological polar surface area (TPSA) is 94.0 Å². The molecule has 0 saturated heterocycles. The first-order chi connectivity index (χ1) is 13.1. The second kappa shape index (κ2) is 9.40. The van der Waals surface area contributed by atoms with Crippen LogP contribution in [0.5, 0.6) is 0 Å². The molecule has 0 aliphatic heterocycles. The van der Waals surface area contributed by atoms with Crippen molar-refractivity contribution in [2.45, 2.75) is 38.5 Å². The largest absolute Gasteiger partial charge is 0.352 e. The molecule has 1 aromatic carbocycles. The Balaban J connectivity index is 1.31. The van der Waals surface area contributed by atoms with Crippen LogP contribution >= 0.6 is 0 Å². The molecule has 1 aromatic rings. The van der Waals surface area contributed by atoms with Crippen molar-refractivity contribution in [3.8, 4) is 6.07 Å². The van der Waals surface area contributed by atoms with Crippen LogP contribution in [0.4, 0.5) is 4.79 Å². The van der Waals surface area contributed by atoms with Gasteiger partial charge in [0.1, 0.15) is 0 Å². The fourth-order valence-corrected chi connectivity index (χ4v) is 3.57. The summed E-state index contributed by atoms with van der Waals surface area (Å²) >= 11 is 0. The molecule has 3 rings (SSSR count). The lowest BCUT2D eigenvalue weighted by Gasteiger charge is -2.28. The van der Waals surface area contributed by atoms with E-state index in [0.29, 0.717) is 35.4 Å². The van der Waals surface area contributed by atoms with Crippen LogP contribution in [0.3, 0.4) is 0 Å². The minimum absolute atomic E-state index is 0.0455. The lowest BCUT2D eigenvalue weighted by Crippen LogP contribution is -2.40. The summed E-state index contributed by atoms with van der Waals surface area (Å²) in [7, 11) is 0. The number of hydrogen-bond acceptors (Lipinski definition) is 3. The maximum absolute atomic E-state index is 12.2. The van der Waals surface area contributed by atoms with E-state index in [1.807, 2.05) is 0 Å². The van der Waals surface area contributed by atoms with E-state index in [0.717, 1.165) is 38.8 Å². The third-order valence-electron chi connectivity index (χ3n) is 5.57. The smallest absolute Gasteiger partial charge is 0.314 e. The molecule has 2 aliphatic carbocycles. The molecule has 27 heavy (non-hydrogen) atoms. The van der Waals surface area contributed by atoms with Crippen molar-refractivity contribution in [3.63, 3.8) is 0 Å². The summed E-state index contributed by atoms with van der Waals surface area (Å²) in [6.45, 7) is 2.20. The van der Waals surface area contributed by atoms with Gasteiger partial charge in [0, 0.05) is 25.2 Å². The van der Waals surface area contributed by atoms with Crippen LogP contribution in [-0.2, 0) is 0 Å². The Morgan fingerprint density at radius 1 is 0.889 bits per heavy atom. The van der Waals surface area contributed by atoms with Crippen LogP contribution in [0.1, 0.15) is 54.4 Å². The van der Waals surface area contributed by atoms with Crippen LogP contribution in [-0.4, -0.2) is 31.6 Å². The molecule has 0 aromatic heterocycles. The van der Waals surface area contributed by atoms with Crippen molar-refractivity contribution in [2.75, 3.05) is 19.6 Å². The Morgan fingerprint density at radius 3 is 1.93 bits per heavy atom. The van der Waals surface area contributed by atoms with E-state index in [1.165, 1.54) is 12.8 Å². The molecule has 2 saturated carbocycles. The summed E-state index contributed by atoms with van der Waals surface area (Å²) < 4.78 is 0. The lowest BCUT2D eigenvalue weighted by molar-refractivity contribution is 0.0941. The van der Waals surface area contributed by atoms with Crippen LogP contribution in [0.25, 0.3) is 0 Å². The minimum atomic E-state index is -0.122. The van der Waals surface area contributed by atoms with Crippen LogP contribution in [0, 0.1) is 29.1 Å². The standard InChI is InChI=1S/C21H28N4O2/c22-11-18-2-1-3-19(10-18)20(26)23-12-15-4-6-16(7-5-15)13-24-21(27)25-14-17-8-9-17/h1-3,10,15-17H,4-9,12-14H2,(H,23,26)(H2,24,25,27). The molecule has 0 atom stereocenters. The minimum Gasteiger partial charge on any atom is -0.352 e. The SMILES string of the molecule is N#Cc1cccc(C(=O)NCC2CCC(CNC(=O)NCC3CC3)CC2)c1. The third kappa shape index (κ3) is 6.28. The predicted molar refractivity (Wildman–Crippen MR) is 103 cm³/mol. The van der Waals surface area contributed by atoms with Gasteiger partial charge >= 0.3 is 6.03 Å². The first-order valence-electron chi connectivity index (χ1n) is 9.94. The number of nitrogens with one attached hydrogen (secondary N) is 3. The number of benzene rings is 1. The first-order valence-corrected chi connectivity index (χ1v) is 9.94. The quantitative estimate of drug-likeness (QED) is 0.691. The van der Waals surface area contributed by atoms with Gasteiger partial charge in [-0.1, -0.05) is 6.07 Å². The van der Waals surface area contributed by atoms with Gasteiger partial charge in [-0.15, -0.1) is 0 Å². The van der Waals surface area contributed by atoms with E-state index < -0.39 is 0 Å². The molecular formula is C21H28N4O2. The number of amides is 3. The molecular weight excluding hydrogens is 340 g/mol. The number of carbonyl (C=O) groups is 2. The average molecular weight is 368 g/mol. The molecule has 0 heterocycles. The Hall–Kier alpha value is -2.55. The zero-order valence-electron chi connectivity index (χ0n) is 15.7. The Morgan fingerprint density at radius 2 is 1.41 bits per heavy atom. The number of nitrogens with zero attached hydrogens (tertiary/aromatic N) is 1. The number of nitriles is 1. The van der Waals surface area contributed by atoms with Crippen LogP contribution < -0.4 is 16.0 Å². The molecule has 3 amide bonds. The zero-order chi connectivity index (χ0) is 19.1. The summed E-state index contributed by atoms with van der Waals surface area (Å²) in [6, 6.07) is 8.78. The Kier molecular flexibility index (Phi) is 6.69. The first kappa shape index (κ1) is 19.2. The second-order valence-corrected chi connectivity index (χ2v) is 7.82. The second-order valence-electron chi connectivity index (χ2n) is 7.82. The molecule has 2 aliphatic rings. The van der Waals surface area contributed by atoms with Crippen molar-refractivity contribution >= 4 is 11.9 Å². The molecule has 2 fully saturated rings. The van der Waals surface area contributed by atoms with E-state index in [9.17, 15) is 9.59 Å². The monoisotopic (exact) mass is 368 g/mol. The van der Waals surface area contributed by atoms with E-state index in [4.69, 9.17) is 5.26 Å². The molecule has 0 spiro atoms. The van der Waals surface area contributed by atoms with Gasteiger partial charge in [-0.25, -0.2) is 4.79 Å². The number of urea groups is 1. The van der Waals surface area contributed by atoms with Crippen molar-refractivity contribution < 1.29 is 9.59 Å². The van der Waals surface area contributed by atoms with Gasteiger partial charge < -0.3 is 16.0 Å². The van der Waals surface area contributed by atoms with E-state index in [1.54, 1.807) is 24.3 Å². The average Bonchev–Trinajstić information content (AvgIpc) is 3.54. The Labute approximate surface area is 160 Å². The highest BCUT2D eigenvalue weighted by molar-refractivity contribution is 5.94. The highest BCUT2D eigenvalue weighted by Gasteiger charge is 2.23. The van der Waals surface area contributed by atoms with Crippen LogP contribution in [0.2, 0.25) is 0 Å². The summed E-state index contributed by atoms with van der Waals surface area (Å²) in [4.78, 5) is 24.0. The van der Waals surface area contributed by atoms with Crippen molar-refractivity contribution in [1.82, 2.24) is 16.0 Å². The maximum atomic E-state index is 12.2. The van der Waals surface area contributed by atoms with E-state index in [-0.39, 0.29) is 11.9 Å². The normalized spacial score (nSPS) is 21.7. The molecule has 0 bridgehead atoms. The molecule has 3 N–H and O–H groups in total. The summed E-state index contributed by atoms with van der Waals surface area (Å²) in [5, 5.41) is 17.8. The van der Waals surface area contributed by atoms with Gasteiger partial charge in [-0.2, -0.15) is 5.26 Å². The van der Waals surface area contributed by atoms with E-state index >= 15 is 0 Å². The molecule has 144 valence electrons. The van der Waals surface area contributed by atoms with E-state index in [2.05, 4.69) is 22.0 Å². The number of rotatable bonds is 7. The zero-order valence-corrected chi connectivity index (χ0v) is 15.7. The molecule has 6 nitrogen and oxygen atoms in total. The summed E-state index contributed by atoms with van der Waals surface area (Å²) in [6.07, 6.45) is 6.76. The van der Waals surface area contributed by atoms with Crippen molar-refractivity contribution in [1.29, 1.82) is 5.26 Å². The van der Waals surface area contributed by atoms with Gasteiger partial charge in [0.05, 0.1) is 11.6 Å². The predicted octanol–water partition coefficient (Wildman–Crippen LogP) is 2.80. The van der Waals surface area contributed by atoms with Gasteiger partial charge in [0.25, 0.3) is 5.91 Å². The Bertz CT molecular complexity index is 700. The molecule has 0 unspecified atom stereocenters. The summed E-state index contributed by atoms with van der Waals surface area (Å²) in [5.41, 5.74) is 1.03. The van der Waals surface area contributed by atoms with Crippen molar-refractivity contribution in [2.24, 2.45) is 17.8 Å². The highest BCUT2D eigenvalue weighted by atomic mass is 16.2. The summed E-state index contributed by atoms with van der Waals surface area (Å²) in [5.74, 6) is 1.58. The van der Waals surface area contributed by atoms with Crippen LogP contribution in [0.15, 0.2) is 24.3 Å². The lowest BCUT2D eigenvalue weighted by atomic mass is 9.82. The van der Waals surface area contributed by atoms with Gasteiger partial charge in [-0.05, 0) is 74.5 Å². The maximum Gasteiger partial charge on any atom is 0.314 e. The fourth-order valence-electron chi connectivity index (χ4n) is 3.57. The van der Waals surface area contributed by atoms with Gasteiger partial charge in [0.2, 0.25) is 0 Å². The van der Waals surface area contributed by atoms with Gasteiger partial charge in [0.15, 0.2) is 0 Å². The van der Waals surface area contributed by atoms with Gasteiger partial charge in [-0.3, -0.25) is 4.79 Å². The molecule has 0 radical (unpaired) electrons. The molecule has 6 heteroatoms. The number of carbonyl (C=O) groups excluding carboxylic acids is 2. The number of hydrogen-bond donors (Lipinski definition) is 3. The third-order valence-corrected chi connectivity index (χ3v) is 5.57. The van der Waals surface area contributed by atoms with Crippen molar-refractivity contribution in [3.05, 3.63) is 35.4 Å². The highest BCUT2D eigenvalue weighted by Crippen LogP contribution is 2.28.